The largest absolute Gasteiger partial charge is 0.493 e. The molecule has 1 aromatic heterocycles. The van der Waals surface area contributed by atoms with Crippen molar-refractivity contribution < 1.29 is 38.0 Å². The van der Waals surface area contributed by atoms with Gasteiger partial charge in [-0.3, -0.25) is 9.69 Å². The van der Waals surface area contributed by atoms with E-state index >= 15 is 0 Å². The van der Waals surface area contributed by atoms with Gasteiger partial charge >= 0.3 is 11.9 Å². The number of methoxy groups -OCH3 is 5. The van der Waals surface area contributed by atoms with Crippen molar-refractivity contribution >= 4 is 22.8 Å². The Labute approximate surface area is 245 Å². The highest BCUT2D eigenvalue weighted by atomic mass is 16.6. The first kappa shape index (κ1) is 28.4. The van der Waals surface area contributed by atoms with Gasteiger partial charge in [0.2, 0.25) is 5.75 Å². The molecule has 2 aliphatic heterocycles. The lowest BCUT2D eigenvalue weighted by atomic mass is 9.63. The van der Waals surface area contributed by atoms with Gasteiger partial charge in [-0.1, -0.05) is 18.2 Å². The minimum Gasteiger partial charge on any atom is -0.493 e. The second-order valence-corrected chi connectivity index (χ2v) is 11.3. The standard InChI is InChI=1S/C32H38N2O8/c1-37-24-12-17(13-25(38-2)29(24)39-3)31(35)42-26-14-18-16-34-11-10-20-19-8-6-7-9-22(19)33-28(20)23(34)15-21(18)27(30(26)40-4)32(36)41-5/h6-9,12-13,18,21,23,26-27,30,33H,10-11,14-16H2,1-5H3/t18-,21+,23+,26-,27+,30-/m1/s1. The van der Waals surface area contributed by atoms with E-state index < -0.39 is 24.1 Å². The van der Waals surface area contributed by atoms with Gasteiger partial charge in [0.25, 0.3) is 0 Å². The molecule has 3 aromatic rings. The first-order valence-electron chi connectivity index (χ1n) is 14.4. The minimum absolute atomic E-state index is 0.0112. The van der Waals surface area contributed by atoms with Crippen LogP contribution in [0.15, 0.2) is 36.4 Å². The molecule has 1 saturated carbocycles. The molecule has 224 valence electrons. The van der Waals surface area contributed by atoms with Crippen molar-refractivity contribution in [3.8, 4) is 17.2 Å². The highest BCUT2D eigenvalue weighted by Crippen LogP contribution is 2.50. The van der Waals surface area contributed by atoms with Crippen LogP contribution in [0.2, 0.25) is 0 Å². The second-order valence-electron chi connectivity index (χ2n) is 11.3. The lowest BCUT2D eigenvalue weighted by Gasteiger charge is -2.52. The molecule has 0 bridgehead atoms. The molecular weight excluding hydrogens is 540 g/mol. The molecule has 0 unspecified atom stereocenters. The van der Waals surface area contributed by atoms with E-state index in [1.165, 1.54) is 45.1 Å². The molecule has 10 nitrogen and oxygen atoms in total. The van der Waals surface area contributed by atoms with Crippen LogP contribution in [-0.2, 0) is 25.4 Å². The molecule has 1 aliphatic carbocycles. The first-order valence-corrected chi connectivity index (χ1v) is 14.4. The van der Waals surface area contributed by atoms with Crippen LogP contribution in [0, 0.1) is 17.8 Å². The summed E-state index contributed by atoms with van der Waals surface area (Å²) in [5, 5.41) is 1.27. The van der Waals surface area contributed by atoms with E-state index in [4.69, 9.17) is 28.4 Å². The van der Waals surface area contributed by atoms with Gasteiger partial charge in [0.15, 0.2) is 11.5 Å². The van der Waals surface area contributed by atoms with Crippen molar-refractivity contribution in [2.45, 2.75) is 37.5 Å². The van der Waals surface area contributed by atoms with E-state index in [1.54, 1.807) is 19.2 Å². The van der Waals surface area contributed by atoms with Crippen LogP contribution >= 0.6 is 0 Å². The molecular formula is C32H38N2O8. The Morgan fingerprint density at radius 3 is 2.36 bits per heavy atom. The quantitative estimate of drug-likeness (QED) is 0.414. The Hall–Kier alpha value is -3.76. The summed E-state index contributed by atoms with van der Waals surface area (Å²) in [5.41, 5.74) is 4.01. The van der Waals surface area contributed by atoms with Gasteiger partial charge in [-0.05, 0) is 54.9 Å². The maximum atomic E-state index is 13.5. The predicted octanol–water partition coefficient (Wildman–Crippen LogP) is 4.16. The van der Waals surface area contributed by atoms with Crippen LogP contribution in [0.4, 0.5) is 0 Å². The number of ether oxygens (including phenoxy) is 6. The number of H-pyrrole nitrogens is 1. The number of para-hydroxylation sites is 1. The smallest absolute Gasteiger partial charge is 0.338 e. The topological polar surface area (TPSA) is 109 Å². The van der Waals surface area contributed by atoms with Crippen molar-refractivity contribution in [1.29, 1.82) is 0 Å². The van der Waals surface area contributed by atoms with Crippen LogP contribution in [0.3, 0.4) is 0 Å². The summed E-state index contributed by atoms with van der Waals surface area (Å²) in [6.45, 7) is 1.74. The molecule has 6 rings (SSSR count). The summed E-state index contributed by atoms with van der Waals surface area (Å²) < 4.78 is 33.6. The fraction of sp³-hybridized carbons (Fsp3) is 0.500. The molecule has 0 amide bonds. The van der Waals surface area contributed by atoms with Gasteiger partial charge in [-0.25, -0.2) is 4.79 Å². The highest BCUT2D eigenvalue weighted by Gasteiger charge is 2.54. The third-order valence-corrected chi connectivity index (χ3v) is 9.46. The Kier molecular flexibility index (Phi) is 7.76. The monoisotopic (exact) mass is 578 g/mol. The summed E-state index contributed by atoms with van der Waals surface area (Å²) in [4.78, 5) is 33.1. The lowest BCUT2D eigenvalue weighted by molar-refractivity contribution is -0.176. The summed E-state index contributed by atoms with van der Waals surface area (Å²) in [7, 11) is 7.45. The van der Waals surface area contributed by atoms with Crippen molar-refractivity contribution in [3.05, 3.63) is 53.2 Å². The van der Waals surface area contributed by atoms with Crippen LogP contribution < -0.4 is 14.2 Å². The van der Waals surface area contributed by atoms with E-state index in [0.717, 1.165) is 31.4 Å². The van der Waals surface area contributed by atoms with Crippen molar-refractivity contribution in [2.75, 3.05) is 48.6 Å². The Balaban J connectivity index is 1.29. The number of aromatic amines is 1. The zero-order chi connectivity index (χ0) is 29.5. The van der Waals surface area contributed by atoms with Gasteiger partial charge in [-0.15, -0.1) is 0 Å². The number of rotatable bonds is 7. The Morgan fingerprint density at radius 1 is 0.952 bits per heavy atom. The molecule has 6 atom stereocenters. The second kappa shape index (κ2) is 11.5. The number of aromatic nitrogens is 1. The summed E-state index contributed by atoms with van der Waals surface area (Å²) in [5.74, 6) is -0.254. The molecule has 0 radical (unpaired) electrons. The molecule has 1 saturated heterocycles. The molecule has 42 heavy (non-hydrogen) atoms. The van der Waals surface area contributed by atoms with Crippen molar-refractivity contribution in [2.24, 2.45) is 17.8 Å². The Morgan fingerprint density at radius 2 is 1.69 bits per heavy atom. The molecule has 3 aliphatic rings. The number of hydrogen-bond donors (Lipinski definition) is 1. The Bertz CT molecular complexity index is 1460. The van der Waals surface area contributed by atoms with Crippen LogP contribution in [-0.4, -0.2) is 82.7 Å². The number of benzene rings is 2. The third kappa shape index (κ3) is 4.66. The SMILES string of the molecule is COC(=O)[C@H]1[C@H]2C[C@H]3c4[nH]c5ccccc5c4CCN3C[C@H]2C[C@@H](OC(=O)c2cc(OC)c(OC)c(OC)c2)[C@H]1OC. The molecule has 2 fully saturated rings. The molecule has 10 heteroatoms. The number of piperidine rings is 1. The van der Waals surface area contributed by atoms with Crippen molar-refractivity contribution in [1.82, 2.24) is 9.88 Å². The van der Waals surface area contributed by atoms with Crippen molar-refractivity contribution in [3.63, 3.8) is 0 Å². The van der Waals surface area contributed by atoms with Gasteiger partial charge in [0.05, 0.1) is 46.0 Å². The van der Waals surface area contributed by atoms with Gasteiger partial charge in [0, 0.05) is 36.8 Å². The van der Waals surface area contributed by atoms with E-state index in [1.807, 2.05) is 0 Å². The maximum Gasteiger partial charge on any atom is 0.338 e. The van der Waals surface area contributed by atoms with Gasteiger partial charge in [-0.2, -0.15) is 0 Å². The first-order chi connectivity index (χ1) is 20.4. The molecule has 1 N–H and O–H groups in total. The number of fused-ring (bicyclic) bond motifs is 6. The van der Waals surface area contributed by atoms with Crippen LogP contribution in [0.1, 0.15) is 40.5 Å². The average Bonchev–Trinajstić information content (AvgIpc) is 3.41. The van der Waals surface area contributed by atoms with Gasteiger partial charge < -0.3 is 33.4 Å². The zero-order valence-corrected chi connectivity index (χ0v) is 24.7. The molecule has 0 spiro atoms. The van der Waals surface area contributed by atoms with Gasteiger partial charge in [0.1, 0.15) is 12.2 Å². The number of hydrogen-bond acceptors (Lipinski definition) is 9. The number of carbonyl (C=O) groups excluding carboxylic acids is 2. The van der Waals surface area contributed by atoms with Crippen LogP contribution in [0.25, 0.3) is 10.9 Å². The van der Waals surface area contributed by atoms with E-state index in [-0.39, 0.29) is 29.4 Å². The zero-order valence-electron chi connectivity index (χ0n) is 24.7. The fourth-order valence-corrected chi connectivity index (χ4v) is 7.60. The normalized spacial score (nSPS) is 26.9. The number of nitrogens with one attached hydrogen (secondary N) is 1. The average molecular weight is 579 g/mol. The summed E-state index contributed by atoms with van der Waals surface area (Å²) in [6.07, 6.45) is 1.04. The molecule has 3 heterocycles. The molecule has 2 aromatic carbocycles. The predicted molar refractivity (Wildman–Crippen MR) is 154 cm³/mol. The minimum atomic E-state index is -0.651. The summed E-state index contributed by atoms with van der Waals surface area (Å²) in [6, 6.07) is 11.7. The number of esters is 2. The summed E-state index contributed by atoms with van der Waals surface area (Å²) >= 11 is 0. The van der Waals surface area contributed by atoms with E-state index in [9.17, 15) is 9.59 Å². The number of carbonyl (C=O) groups is 2. The highest BCUT2D eigenvalue weighted by molar-refractivity contribution is 5.91. The maximum absolute atomic E-state index is 13.5. The van der Waals surface area contributed by atoms with E-state index in [2.05, 4.69) is 34.1 Å². The third-order valence-electron chi connectivity index (χ3n) is 9.46. The number of nitrogens with zero attached hydrogens (tertiary/aromatic N) is 1. The van der Waals surface area contributed by atoms with Crippen LogP contribution in [0.5, 0.6) is 17.2 Å². The van der Waals surface area contributed by atoms with E-state index in [0.29, 0.717) is 23.7 Å². The fourth-order valence-electron chi connectivity index (χ4n) is 7.60. The lowest BCUT2D eigenvalue weighted by Crippen LogP contribution is -2.58.